The molecular formula is C18H20F3N5O4. The maximum absolute atomic E-state index is 12.9. The van der Waals surface area contributed by atoms with Crippen LogP contribution in [0, 0.1) is 0 Å². The van der Waals surface area contributed by atoms with Crippen LogP contribution in [0.15, 0.2) is 30.9 Å². The first-order chi connectivity index (χ1) is 14.2. The molecule has 0 amide bonds. The van der Waals surface area contributed by atoms with E-state index in [0.29, 0.717) is 6.20 Å². The second kappa shape index (κ2) is 7.93. The minimum Gasteiger partial charge on any atom is -0.461 e. The first-order valence-corrected chi connectivity index (χ1v) is 9.24. The monoisotopic (exact) mass is 427 g/mol. The summed E-state index contributed by atoms with van der Waals surface area (Å²) >= 11 is 0. The molecule has 0 saturated carbocycles. The number of hydrogen-bond donors (Lipinski definition) is 1. The van der Waals surface area contributed by atoms with Gasteiger partial charge in [-0.05, 0) is 19.9 Å². The highest BCUT2D eigenvalue weighted by Gasteiger charge is 2.52. The fourth-order valence-corrected chi connectivity index (χ4v) is 3.38. The normalized spacial score (nSPS) is 28.0. The predicted molar refractivity (Wildman–Crippen MR) is 95.5 cm³/mol. The molecule has 0 aromatic carbocycles. The third-order valence-electron chi connectivity index (χ3n) is 4.59. The van der Waals surface area contributed by atoms with Gasteiger partial charge in [0.05, 0.1) is 25.0 Å². The first kappa shape index (κ1) is 20.7. The van der Waals surface area contributed by atoms with Gasteiger partial charge in [0.2, 0.25) is 0 Å². The molecule has 0 bridgehead atoms. The average molecular weight is 427 g/mol. The van der Waals surface area contributed by atoms with E-state index >= 15 is 0 Å². The van der Waals surface area contributed by atoms with Crippen LogP contribution >= 0.6 is 0 Å². The van der Waals surface area contributed by atoms with Crippen LogP contribution in [0.5, 0.6) is 6.01 Å². The van der Waals surface area contributed by atoms with E-state index in [1.807, 2.05) is 0 Å². The van der Waals surface area contributed by atoms with Gasteiger partial charge < -0.3 is 24.3 Å². The molecule has 0 aliphatic carbocycles. The van der Waals surface area contributed by atoms with Crippen molar-refractivity contribution in [3.63, 3.8) is 0 Å². The Hall–Kier alpha value is -2.57. The molecule has 12 heteroatoms. The molecule has 9 nitrogen and oxygen atoms in total. The van der Waals surface area contributed by atoms with Crippen molar-refractivity contribution in [2.45, 2.75) is 50.2 Å². The van der Waals surface area contributed by atoms with E-state index in [-0.39, 0.29) is 25.0 Å². The summed E-state index contributed by atoms with van der Waals surface area (Å²) in [6, 6.07) is 1.37. The molecule has 2 fully saturated rings. The van der Waals surface area contributed by atoms with Crippen molar-refractivity contribution in [1.82, 2.24) is 19.9 Å². The number of fused-ring (bicyclic) bond motifs is 1. The fraction of sp³-hybridized carbons (Fsp3) is 0.556. The number of hydrogen-bond acceptors (Lipinski definition) is 9. The lowest BCUT2D eigenvalue weighted by Gasteiger charge is -2.37. The molecular weight excluding hydrogens is 407 g/mol. The third-order valence-corrected chi connectivity index (χ3v) is 4.59. The zero-order valence-corrected chi connectivity index (χ0v) is 16.2. The third kappa shape index (κ3) is 4.60. The van der Waals surface area contributed by atoms with Crippen LogP contribution in [0.3, 0.4) is 0 Å². The van der Waals surface area contributed by atoms with E-state index in [1.165, 1.54) is 6.20 Å². The Balaban J connectivity index is 1.47. The van der Waals surface area contributed by atoms with Crippen LogP contribution in [0.1, 0.15) is 19.5 Å². The zero-order valence-electron chi connectivity index (χ0n) is 16.2. The molecule has 4 heterocycles. The van der Waals surface area contributed by atoms with E-state index in [0.717, 1.165) is 0 Å². The lowest BCUT2D eigenvalue weighted by atomic mass is 9.98. The smallest absolute Gasteiger partial charge is 0.434 e. The summed E-state index contributed by atoms with van der Waals surface area (Å²) < 4.78 is 62.2. The van der Waals surface area contributed by atoms with E-state index in [4.69, 9.17) is 18.9 Å². The summed E-state index contributed by atoms with van der Waals surface area (Å²) in [5, 5.41) is 2.93. The molecule has 0 radical (unpaired) electrons. The number of alkyl halides is 3. The predicted octanol–water partition coefficient (Wildman–Crippen LogP) is 2.06. The van der Waals surface area contributed by atoms with Crippen LogP contribution in [0.4, 0.5) is 19.0 Å². The molecule has 2 saturated heterocycles. The number of nitrogens with zero attached hydrogens (tertiary/aromatic N) is 4. The molecule has 1 N–H and O–H groups in total. The summed E-state index contributed by atoms with van der Waals surface area (Å²) in [4.78, 5) is 15.2. The summed E-state index contributed by atoms with van der Waals surface area (Å²) in [5.41, 5.74) is -1.08. The van der Waals surface area contributed by atoms with E-state index < -0.39 is 42.0 Å². The highest BCUT2D eigenvalue weighted by atomic mass is 19.4. The van der Waals surface area contributed by atoms with Crippen molar-refractivity contribution in [2.75, 3.05) is 18.5 Å². The standard InChI is InChI=1S/C18H20F3N5O4/c1-17(2)29-14-10(25-13-7-22-6-12(26-13)18(19,20)21)8-27-11(15(14)30-17)9-28-16-23-4-3-5-24-16/h3-7,10-11,14-15H,8-9H2,1-2H3,(H,25,26)/t10-,11+,14+,15-/m0/s1. The molecule has 0 unspecified atom stereocenters. The number of nitrogens with one attached hydrogen (secondary N) is 1. The number of anilines is 1. The van der Waals surface area contributed by atoms with E-state index in [2.05, 4.69) is 25.3 Å². The minimum atomic E-state index is -4.59. The van der Waals surface area contributed by atoms with Gasteiger partial charge in [0, 0.05) is 12.4 Å². The Morgan fingerprint density at radius 1 is 1.17 bits per heavy atom. The van der Waals surface area contributed by atoms with Gasteiger partial charge in [-0.25, -0.2) is 15.0 Å². The van der Waals surface area contributed by atoms with E-state index in [9.17, 15) is 13.2 Å². The summed E-state index contributed by atoms with van der Waals surface area (Å²) in [7, 11) is 0. The van der Waals surface area contributed by atoms with Gasteiger partial charge >= 0.3 is 12.2 Å². The second-order valence-electron chi connectivity index (χ2n) is 7.32. The molecule has 2 aliphatic heterocycles. The van der Waals surface area contributed by atoms with Crippen molar-refractivity contribution in [3.05, 3.63) is 36.5 Å². The lowest BCUT2D eigenvalue weighted by molar-refractivity contribution is -0.156. The lowest BCUT2D eigenvalue weighted by Crippen LogP contribution is -2.56. The largest absolute Gasteiger partial charge is 0.461 e. The average Bonchev–Trinajstić information content (AvgIpc) is 3.03. The second-order valence-corrected chi connectivity index (χ2v) is 7.32. The zero-order chi connectivity index (χ0) is 21.4. The summed E-state index contributed by atoms with van der Waals surface area (Å²) in [6.45, 7) is 3.78. The van der Waals surface area contributed by atoms with Gasteiger partial charge in [-0.2, -0.15) is 13.2 Å². The topological polar surface area (TPSA) is 101 Å². The highest BCUT2D eigenvalue weighted by molar-refractivity contribution is 5.35. The van der Waals surface area contributed by atoms with Crippen molar-refractivity contribution >= 4 is 5.82 Å². The van der Waals surface area contributed by atoms with Gasteiger partial charge in [0.1, 0.15) is 30.7 Å². The van der Waals surface area contributed by atoms with Crippen molar-refractivity contribution in [3.8, 4) is 6.01 Å². The number of aromatic nitrogens is 4. The molecule has 2 aliphatic rings. The molecule has 0 spiro atoms. The van der Waals surface area contributed by atoms with Crippen LogP contribution in [-0.2, 0) is 20.4 Å². The van der Waals surface area contributed by atoms with Crippen molar-refractivity contribution in [1.29, 1.82) is 0 Å². The van der Waals surface area contributed by atoms with Gasteiger partial charge in [-0.1, -0.05) is 0 Å². The molecule has 2 aromatic heterocycles. The highest BCUT2D eigenvalue weighted by Crippen LogP contribution is 2.36. The van der Waals surface area contributed by atoms with Crippen LogP contribution < -0.4 is 10.1 Å². The number of halogens is 3. The van der Waals surface area contributed by atoms with Gasteiger partial charge in [-0.15, -0.1) is 0 Å². The van der Waals surface area contributed by atoms with Gasteiger partial charge in [0.15, 0.2) is 11.5 Å². The van der Waals surface area contributed by atoms with Crippen molar-refractivity contribution < 1.29 is 32.1 Å². The Labute approximate surface area is 170 Å². The Kier molecular flexibility index (Phi) is 5.47. The van der Waals surface area contributed by atoms with Crippen LogP contribution in [0.25, 0.3) is 0 Å². The fourth-order valence-electron chi connectivity index (χ4n) is 3.38. The van der Waals surface area contributed by atoms with Gasteiger partial charge in [-0.3, -0.25) is 4.98 Å². The molecule has 4 atom stereocenters. The Morgan fingerprint density at radius 2 is 1.90 bits per heavy atom. The SMILES string of the molecule is CC1(C)O[C@@H]2[C@H](O1)[C@@H](Nc1cncc(C(F)(F)F)n1)CO[C@@H]2COc1ncccn1. The van der Waals surface area contributed by atoms with Crippen LogP contribution in [-0.4, -0.2) is 63.3 Å². The maximum atomic E-state index is 12.9. The maximum Gasteiger partial charge on any atom is 0.434 e. The minimum absolute atomic E-state index is 0.0298. The quantitative estimate of drug-likeness (QED) is 0.768. The molecule has 162 valence electrons. The summed E-state index contributed by atoms with van der Waals surface area (Å²) in [5.74, 6) is -0.929. The number of ether oxygens (including phenoxy) is 4. The molecule has 30 heavy (non-hydrogen) atoms. The van der Waals surface area contributed by atoms with E-state index in [1.54, 1.807) is 32.3 Å². The Morgan fingerprint density at radius 3 is 2.63 bits per heavy atom. The summed E-state index contributed by atoms with van der Waals surface area (Å²) in [6.07, 6.45) is -1.10. The van der Waals surface area contributed by atoms with Gasteiger partial charge in [0.25, 0.3) is 0 Å². The first-order valence-electron chi connectivity index (χ1n) is 9.24. The molecule has 2 aromatic rings. The van der Waals surface area contributed by atoms with Crippen LogP contribution in [0.2, 0.25) is 0 Å². The Bertz CT molecular complexity index is 870. The number of rotatable bonds is 5. The van der Waals surface area contributed by atoms with Crippen molar-refractivity contribution in [2.24, 2.45) is 0 Å². The molecule has 4 rings (SSSR count).